The van der Waals surface area contributed by atoms with Crippen molar-refractivity contribution >= 4 is 28.4 Å². The summed E-state index contributed by atoms with van der Waals surface area (Å²) in [6.45, 7) is 3.91. The number of thiazole rings is 1. The number of hydrazone groups is 1. The molecule has 3 aromatic rings. The van der Waals surface area contributed by atoms with Crippen LogP contribution in [0.4, 0.5) is 10.8 Å². The maximum absolute atomic E-state index is 10.7. The van der Waals surface area contributed by atoms with E-state index in [1.165, 1.54) is 23.5 Å². The van der Waals surface area contributed by atoms with Crippen molar-refractivity contribution in [1.29, 1.82) is 0 Å². The van der Waals surface area contributed by atoms with Crippen LogP contribution in [0.15, 0.2) is 52.9 Å². The molecule has 8 nitrogen and oxygen atoms in total. The Morgan fingerprint density at radius 2 is 1.97 bits per heavy atom. The molecule has 0 saturated carbocycles. The molecule has 2 aromatic carbocycles. The van der Waals surface area contributed by atoms with Gasteiger partial charge in [-0.3, -0.25) is 15.5 Å². The number of ether oxygens (including phenoxy) is 2. The van der Waals surface area contributed by atoms with Gasteiger partial charge in [0, 0.05) is 23.1 Å². The van der Waals surface area contributed by atoms with Crippen LogP contribution in [-0.4, -0.2) is 29.3 Å². The summed E-state index contributed by atoms with van der Waals surface area (Å²) in [5.74, 6) is 1.32. The molecule has 0 radical (unpaired) electrons. The second kappa shape index (κ2) is 9.16. The third-order valence-corrected chi connectivity index (χ3v) is 4.55. The topological polar surface area (TPSA) is 98.9 Å². The minimum atomic E-state index is -0.428. The summed E-state index contributed by atoms with van der Waals surface area (Å²) in [4.78, 5) is 14.8. The molecule has 0 unspecified atom stereocenters. The fourth-order valence-corrected chi connectivity index (χ4v) is 3.16. The minimum absolute atomic E-state index is 0.0483. The van der Waals surface area contributed by atoms with Gasteiger partial charge in [0.2, 0.25) is 5.13 Å². The standard InChI is InChI=1S/C20H20N4O4S/c1-13(2)28-18-9-4-14(10-19(18)27-3)11-21-23-20-22-17(12-29-20)15-5-7-16(8-6-15)24(25)26/h4-13H,1-3H3,(H,22,23)/b21-11+. The zero-order valence-corrected chi connectivity index (χ0v) is 17.0. The van der Waals surface area contributed by atoms with E-state index in [2.05, 4.69) is 15.5 Å². The maximum Gasteiger partial charge on any atom is 0.269 e. The van der Waals surface area contributed by atoms with E-state index in [1.807, 2.05) is 37.4 Å². The summed E-state index contributed by atoms with van der Waals surface area (Å²) in [5.41, 5.74) is 5.31. The highest BCUT2D eigenvalue weighted by molar-refractivity contribution is 7.14. The second-order valence-electron chi connectivity index (χ2n) is 6.29. The van der Waals surface area contributed by atoms with Crippen molar-refractivity contribution in [2.75, 3.05) is 12.5 Å². The molecule has 0 saturated heterocycles. The molecule has 1 N–H and O–H groups in total. The van der Waals surface area contributed by atoms with E-state index in [4.69, 9.17) is 9.47 Å². The van der Waals surface area contributed by atoms with Gasteiger partial charge in [-0.05, 0) is 49.7 Å². The number of benzene rings is 2. The molecule has 0 amide bonds. The van der Waals surface area contributed by atoms with E-state index in [1.54, 1.807) is 25.5 Å². The van der Waals surface area contributed by atoms with Crippen LogP contribution in [0.1, 0.15) is 19.4 Å². The molecule has 0 fully saturated rings. The molecule has 1 heterocycles. The van der Waals surface area contributed by atoms with Crippen molar-refractivity contribution < 1.29 is 14.4 Å². The summed E-state index contributed by atoms with van der Waals surface area (Å²) >= 11 is 1.39. The van der Waals surface area contributed by atoms with E-state index < -0.39 is 4.92 Å². The van der Waals surface area contributed by atoms with Crippen molar-refractivity contribution in [2.24, 2.45) is 5.10 Å². The van der Waals surface area contributed by atoms with E-state index >= 15 is 0 Å². The van der Waals surface area contributed by atoms with Crippen LogP contribution in [0.5, 0.6) is 11.5 Å². The third-order valence-electron chi connectivity index (χ3n) is 3.80. The Morgan fingerprint density at radius 1 is 1.21 bits per heavy atom. The zero-order chi connectivity index (χ0) is 20.8. The number of non-ortho nitro benzene ring substituents is 1. The molecule has 0 atom stereocenters. The average Bonchev–Trinajstić information content (AvgIpc) is 3.17. The summed E-state index contributed by atoms with van der Waals surface area (Å²) in [6.07, 6.45) is 1.72. The van der Waals surface area contributed by atoms with Crippen LogP contribution >= 0.6 is 11.3 Å². The van der Waals surface area contributed by atoms with Gasteiger partial charge in [0.05, 0.1) is 30.0 Å². The Labute approximate surface area is 172 Å². The number of nitrogens with zero attached hydrogens (tertiary/aromatic N) is 3. The van der Waals surface area contributed by atoms with Crippen LogP contribution in [0.25, 0.3) is 11.3 Å². The lowest BCUT2D eigenvalue weighted by atomic mass is 10.1. The molecule has 0 aliphatic carbocycles. The Kier molecular flexibility index (Phi) is 6.40. The first-order valence-electron chi connectivity index (χ1n) is 8.80. The highest BCUT2D eigenvalue weighted by Gasteiger charge is 2.09. The number of hydrogen-bond acceptors (Lipinski definition) is 8. The van der Waals surface area contributed by atoms with E-state index in [9.17, 15) is 10.1 Å². The van der Waals surface area contributed by atoms with Crippen molar-refractivity contribution in [3.63, 3.8) is 0 Å². The zero-order valence-electron chi connectivity index (χ0n) is 16.2. The Morgan fingerprint density at radius 3 is 2.62 bits per heavy atom. The van der Waals surface area contributed by atoms with E-state index in [0.29, 0.717) is 16.6 Å². The normalized spacial score (nSPS) is 11.0. The van der Waals surface area contributed by atoms with Gasteiger partial charge >= 0.3 is 0 Å². The molecule has 150 valence electrons. The first-order chi connectivity index (χ1) is 14.0. The van der Waals surface area contributed by atoms with Crippen LogP contribution in [0.3, 0.4) is 0 Å². The molecule has 0 aliphatic heterocycles. The first kappa shape index (κ1) is 20.3. The van der Waals surface area contributed by atoms with Gasteiger partial charge in [-0.15, -0.1) is 11.3 Å². The monoisotopic (exact) mass is 412 g/mol. The molecular weight excluding hydrogens is 392 g/mol. The number of nitro benzene ring substituents is 1. The Bertz CT molecular complexity index is 1020. The third kappa shape index (κ3) is 5.29. The Hall–Kier alpha value is -3.46. The first-order valence-corrected chi connectivity index (χ1v) is 9.68. The number of rotatable bonds is 8. The van der Waals surface area contributed by atoms with Crippen molar-refractivity contribution in [1.82, 2.24) is 4.98 Å². The quantitative estimate of drug-likeness (QED) is 0.319. The molecule has 0 spiro atoms. The van der Waals surface area contributed by atoms with Crippen LogP contribution in [0, 0.1) is 10.1 Å². The summed E-state index contributed by atoms with van der Waals surface area (Å²) < 4.78 is 11.1. The second-order valence-corrected chi connectivity index (χ2v) is 7.15. The fourth-order valence-electron chi connectivity index (χ4n) is 2.49. The number of anilines is 1. The van der Waals surface area contributed by atoms with Crippen LogP contribution in [-0.2, 0) is 0 Å². The number of methoxy groups -OCH3 is 1. The van der Waals surface area contributed by atoms with Crippen molar-refractivity contribution in [3.05, 3.63) is 63.5 Å². The molecule has 0 aliphatic rings. The molecule has 29 heavy (non-hydrogen) atoms. The van der Waals surface area contributed by atoms with Gasteiger partial charge in [-0.2, -0.15) is 5.10 Å². The van der Waals surface area contributed by atoms with Crippen LogP contribution in [0.2, 0.25) is 0 Å². The average molecular weight is 412 g/mol. The van der Waals surface area contributed by atoms with E-state index in [-0.39, 0.29) is 11.8 Å². The van der Waals surface area contributed by atoms with Crippen LogP contribution < -0.4 is 14.9 Å². The van der Waals surface area contributed by atoms with Gasteiger partial charge in [-0.1, -0.05) is 0 Å². The highest BCUT2D eigenvalue weighted by Crippen LogP contribution is 2.29. The SMILES string of the molecule is COc1cc(/C=N/Nc2nc(-c3ccc([N+](=O)[O-])cc3)cs2)ccc1OC(C)C. The maximum atomic E-state index is 10.7. The molecular formula is C20H20N4O4S. The highest BCUT2D eigenvalue weighted by atomic mass is 32.1. The predicted molar refractivity (Wildman–Crippen MR) is 114 cm³/mol. The van der Waals surface area contributed by atoms with Crippen molar-refractivity contribution in [3.8, 4) is 22.8 Å². The largest absolute Gasteiger partial charge is 0.493 e. The lowest BCUT2D eigenvalue weighted by Crippen LogP contribution is -2.06. The number of aromatic nitrogens is 1. The molecule has 3 rings (SSSR count). The van der Waals surface area contributed by atoms with Gasteiger partial charge in [-0.25, -0.2) is 4.98 Å². The summed E-state index contributed by atoms with van der Waals surface area (Å²) in [6, 6.07) is 11.8. The lowest BCUT2D eigenvalue weighted by Gasteiger charge is -2.13. The fraction of sp³-hybridized carbons (Fsp3) is 0.200. The number of nitrogens with one attached hydrogen (secondary N) is 1. The lowest BCUT2D eigenvalue weighted by molar-refractivity contribution is -0.384. The predicted octanol–water partition coefficient (Wildman–Crippen LogP) is 4.96. The van der Waals surface area contributed by atoms with Gasteiger partial charge in [0.25, 0.3) is 5.69 Å². The van der Waals surface area contributed by atoms with Gasteiger partial charge < -0.3 is 9.47 Å². The molecule has 9 heteroatoms. The van der Waals surface area contributed by atoms with Gasteiger partial charge in [0.15, 0.2) is 11.5 Å². The summed E-state index contributed by atoms with van der Waals surface area (Å²) in [5, 5.41) is 17.4. The molecule has 0 bridgehead atoms. The minimum Gasteiger partial charge on any atom is -0.493 e. The number of hydrogen-bond donors (Lipinski definition) is 1. The number of nitro groups is 1. The van der Waals surface area contributed by atoms with Gasteiger partial charge in [0.1, 0.15) is 0 Å². The Balaban J connectivity index is 1.66. The van der Waals surface area contributed by atoms with E-state index in [0.717, 1.165) is 16.8 Å². The molecule has 1 aromatic heterocycles. The van der Waals surface area contributed by atoms with Crippen molar-refractivity contribution in [2.45, 2.75) is 20.0 Å². The summed E-state index contributed by atoms with van der Waals surface area (Å²) in [7, 11) is 1.59. The smallest absolute Gasteiger partial charge is 0.269 e.